The number of aliphatic imine (C=N–C) groups is 1. The minimum atomic E-state index is -2.44. The number of nitrogens with zero attached hydrogens (tertiary/aromatic N) is 2. The molecule has 0 fully saturated rings. The molecule has 0 aliphatic rings. The number of ether oxygens (including phenoxy) is 1. The first-order valence-corrected chi connectivity index (χ1v) is 8.15. The molecule has 142 valence electrons. The van der Waals surface area contributed by atoms with Gasteiger partial charge in [0.15, 0.2) is 5.96 Å². The van der Waals surface area contributed by atoms with E-state index in [0.717, 1.165) is 0 Å². The number of rotatable bonds is 7. The van der Waals surface area contributed by atoms with Crippen LogP contribution in [0.2, 0.25) is 0 Å². The summed E-state index contributed by atoms with van der Waals surface area (Å²) in [6.45, 7) is 9.55. The molecule has 1 atom stereocenters. The standard InChI is InChI=1S/C16H32F2N4O2/c1-11(2)12(21-15(23)24-16(3,4)5)8-9-22(7)14(19-6)20-10-13(17)18/h11-13H,8-10H2,1-7H3,(H,19,20)(H,21,23). The lowest BCUT2D eigenvalue weighted by atomic mass is 10.0. The Hall–Kier alpha value is -1.60. The average Bonchev–Trinajstić information content (AvgIpc) is 2.41. The van der Waals surface area contributed by atoms with E-state index in [9.17, 15) is 13.6 Å². The van der Waals surface area contributed by atoms with Gasteiger partial charge in [0.2, 0.25) is 0 Å². The molecule has 6 nitrogen and oxygen atoms in total. The maximum Gasteiger partial charge on any atom is 0.407 e. The van der Waals surface area contributed by atoms with Crippen LogP contribution in [0.3, 0.4) is 0 Å². The molecular weight excluding hydrogens is 318 g/mol. The smallest absolute Gasteiger partial charge is 0.407 e. The molecule has 0 rings (SSSR count). The second-order valence-corrected chi connectivity index (χ2v) is 7.03. The van der Waals surface area contributed by atoms with Gasteiger partial charge in [-0.25, -0.2) is 13.6 Å². The van der Waals surface area contributed by atoms with E-state index >= 15 is 0 Å². The molecule has 0 bridgehead atoms. The van der Waals surface area contributed by atoms with E-state index in [4.69, 9.17) is 4.74 Å². The van der Waals surface area contributed by atoms with Gasteiger partial charge in [0.05, 0.1) is 6.54 Å². The molecule has 2 N–H and O–H groups in total. The lowest BCUT2D eigenvalue weighted by Gasteiger charge is -2.28. The Labute approximate surface area is 144 Å². The molecule has 0 aliphatic carbocycles. The number of alkyl carbamates (subject to hydrolysis) is 1. The van der Waals surface area contributed by atoms with Crippen molar-refractivity contribution in [2.75, 3.05) is 27.2 Å². The van der Waals surface area contributed by atoms with Gasteiger partial charge in [-0.15, -0.1) is 0 Å². The van der Waals surface area contributed by atoms with Gasteiger partial charge < -0.3 is 20.3 Å². The Balaban J connectivity index is 4.54. The molecule has 0 saturated heterocycles. The summed E-state index contributed by atoms with van der Waals surface area (Å²) in [7, 11) is 3.31. The summed E-state index contributed by atoms with van der Waals surface area (Å²) in [4.78, 5) is 17.7. The highest BCUT2D eigenvalue weighted by atomic mass is 19.3. The minimum Gasteiger partial charge on any atom is -0.444 e. The van der Waals surface area contributed by atoms with Crippen LogP contribution in [0, 0.1) is 5.92 Å². The molecular formula is C16H32F2N4O2. The van der Waals surface area contributed by atoms with Crippen LogP contribution in [0.5, 0.6) is 0 Å². The lowest BCUT2D eigenvalue weighted by molar-refractivity contribution is 0.0485. The summed E-state index contributed by atoms with van der Waals surface area (Å²) in [5.41, 5.74) is -0.552. The quantitative estimate of drug-likeness (QED) is 0.547. The van der Waals surface area contributed by atoms with Gasteiger partial charge in [-0.3, -0.25) is 4.99 Å². The molecule has 0 heterocycles. The van der Waals surface area contributed by atoms with Crippen LogP contribution < -0.4 is 10.6 Å². The van der Waals surface area contributed by atoms with Crippen LogP contribution in [-0.4, -0.2) is 62.2 Å². The SMILES string of the molecule is CN=C(NCC(F)F)N(C)CCC(NC(=O)OC(C)(C)C)C(C)C. The Morgan fingerprint density at radius 2 is 1.88 bits per heavy atom. The second-order valence-electron chi connectivity index (χ2n) is 7.03. The maximum atomic E-state index is 12.3. The first-order valence-electron chi connectivity index (χ1n) is 8.15. The van der Waals surface area contributed by atoms with Gasteiger partial charge in [-0.1, -0.05) is 13.8 Å². The van der Waals surface area contributed by atoms with Gasteiger partial charge >= 0.3 is 6.09 Å². The molecule has 0 radical (unpaired) electrons. The van der Waals surface area contributed by atoms with Crippen molar-refractivity contribution in [1.29, 1.82) is 0 Å². The summed E-state index contributed by atoms with van der Waals surface area (Å²) in [5.74, 6) is 0.608. The maximum absolute atomic E-state index is 12.3. The van der Waals surface area contributed by atoms with Crippen molar-refractivity contribution in [3.05, 3.63) is 0 Å². The summed E-state index contributed by atoms with van der Waals surface area (Å²) in [5, 5.41) is 5.47. The van der Waals surface area contributed by atoms with Crippen molar-refractivity contribution in [2.45, 2.75) is 59.1 Å². The van der Waals surface area contributed by atoms with Gasteiger partial charge in [0.25, 0.3) is 6.43 Å². The molecule has 0 saturated carbocycles. The van der Waals surface area contributed by atoms with Crippen molar-refractivity contribution in [2.24, 2.45) is 10.9 Å². The van der Waals surface area contributed by atoms with E-state index in [-0.39, 0.29) is 12.0 Å². The van der Waals surface area contributed by atoms with E-state index in [1.807, 2.05) is 34.6 Å². The first-order chi connectivity index (χ1) is 11.0. The highest BCUT2D eigenvalue weighted by molar-refractivity contribution is 5.79. The predicted octanol–water partition coefficient (Wildman–Crippen LogP) is 2.70. The molecule has 1 unspecified atom stereocenters. The third-order valence-corrected chi connectivity index (χ3v) is 3.27. The van der Waals surface area contributed by atoms with Gasteiger partial charge in [0, 0.05) is 26.7 Å². The monoisotopic (exact) mass is 350 g/mol. The molecule has 8 heteroatoms. The first kappa shape index (κ1) is 22.4. The fraction of sp³-hybridized carbons (Fsp3) is 0.875. The van der Waals surface area contributed by atoms with E-state index < -0.39 is 24.7 Å². The number of guanidine groups is 1. The Bertz CT molecular complexity index is 409. The molecule has 0 aromatic carbocycles. The van der Waals surface area contributed by atoms with Crippen LogP contribution in [0.4, 0.5) is 13.6 Å². The van der Waals surface area contributed by atoms with Crippen LogP contribution in [0.15, 0.2) is 4.99 Å². The molecule has 24 heavy (non-hydrogen) atoms. The van der Waals surface area contributed by atoms with Crippen LogP contribution in [0.25, 0.3) is 0 Å². The Morgan fingerprint density at radius 1 is 1.29 bits per heavy atom. The summed E-state index contributed by atoms with van der Waals surface area (Å²) < 4.78 is 29.9. The van der Waals surface area contributed by atoms with E-state index in [0.29, 0.717) is 18.9 Å². The van der Waals surface area contributed by atoms with E-state index in [1.54, 1.807) is 19.0 Å². The van der Waals surface area contributed by atoms with E-state index in [2.05, 4.69) is 15.6 Å². The summed E-state index contributed by atoms with van der Waals surface area (Å²) in [6, 6.07) is -0.0875. The van der Waals surface area contributed by atoms with Crippen molar-refractivity contribution >= 4 is 12.1 Å². The zero-order valence-electron chi connectivity index (χ0n) is 15.8. The van der Waals surface area contributed by atoms with Crippen LogP contribution in [0.1, 0.15) is 41.0 Å². The molecule has 0 aliphatic heterocycles. The predicted molar refractivity (Wildman–Crippen MR) is 92.6 cm³/mol. The molecule has 0 aromatic rings. The lowest BCUT2D eigenvalue weighted by Crippen LogP contribution is -2.46. The van der Waals surface area contributed by atoms with Gasteiger partial charge in [-0.05, 0) is 33.1 Å². The summed E-state index contributed by atoms with van der Waals surface area (Å²) in [6.07, 6.45) is -2.25. The average molecular weight is 350 g/mol. The number of carbonyl (C=O) groups is 1. The van der Waals surface area contributed by atoms with Crippen molar-refractivity contribution in [3.63, 3.8) is 0 Å². The zero-order valence-corrected chi connectivity index (χ0v) is 15.8. The van der Waals surface area contributed by atoms with Crippen molar-refractivity contribution in [3.8, 4) is 0 Å². The van der Waals surface area contributed by atoms with E-state index in [1.165, 1.54) is 0 Å². The molecule has 1 amide bonds. The Kier molecular flexibility index (Phi) is 9.62. The fourth-order valence-electron chi connectivity index (χ4n) is 2.02. The second kappa shape index (κ2) is 10.3. The number of carbonyl (C=O) groups excluding carboxylic acids is 1. The van der Waals surface area contributed by atoms with Crippen molar-refractivity contribution < 1.29 is 18.3 Å². The van der Waals surface area contributed by atoms with Gasteiger partial charge in [-0.2, -0.15) is 0 Å². The largest absolute Gasteiger partial charge is 0.444 e. The number of alkyl halides is 2. The zero-order chi connectivity index (χ0) is 18.9. The van der Waals surface area contributed by atoms with Crippen molar-refractivity contribution in [1.82, 2.24) is 15.5 Å². The van der Waals surface area contributed by atoms with Gasteiger partial charge in [0.1, 0.15) is 5.60 Å². The molecule has 0 spiro atoms. The number of nitrogens with one attached hydrogen (secondary N) is 2. The molecule has 0 aromatic heterocycles. The highest BCUT2D eigenvalue weighted by Gasteiger charge is 2.22. The number of hydrogen-bond donors (Lipinski definition) is 2. The topological polar surface area (TPSA) is 66.0 Å². The number of halogens is 2. The summed E-state index contributed by atoms with van der Waals surface area (Å²) >= 11 is 0. The van der Waals surface area contributed by atoms with Crippen LogP contribution >= 0.6 is 0 Å². The third kappa shape index (κ3) is 10.2. The van der Waals surface area contributed by atoms with Crippen LogP contribution in [-0.2, 0) is 4.74 Å². The Morgan fingerprint density at radius 3 is 2.29 bits per heavy atom. The number of amides is 1. The fourth-order valence-corrected chi connectivity index (χ4v) is 2.02. The third-order valence-electron chi connectivity index (χ3n) is 3.27. The number of hydrogen-bond acceptors (Lipinski definition) is 3. The normalized spacial score (nSPS) is 13.9. The minimum absolute atomic E-state index is 0.0875. The highest BCUT2D eigenvalue weighted by Crippen LogP contribution is 2.11.